The van der Waals surface area contributed by atoms with Crippen LogP contribution in [-0.2, 0) is 16.4 Å². The molecular weight excluding hydrogens is 522 g/mol. The molecule has 0 amide bonds. The molecule has 5 rings (SSSR count). The summed E-state index contributed by atoms with van der Waals surface area (Å²) < 4.78 is 23.4. The quantitative estimate of drug-likeness (QED) is 0.381. The van der Waals surface area contributed by atoms with Crippen molar-refractivity contribution in [2.75, 3.05) is 55.3 Å². The van der Waals surface area contributed by atoms with Gasteiger partial charge in [-0.15, -0.1) is 0 Å². The molecule has 0 N–H and O–H groups in total. The summed E-state index contributed by atoms with van der Waals surface area (Å²) in [6, 6.07) is 20.8. The van der Waals surface area contributed by atoms with E-state index < -0.39 is 9.84 Å². The van der Waals surface area contributed by atoms with Gasteiger partial charge in [0.05, 0.1) is 16.5 Å². The van der Waals surface area contributed by atoms with Crippen molar-refractivity contribution >= 4 is 27.1 Å². The van der Waals surface area contributed by atoms with Crippen LogP contribution in [0.15, 0.2) is 71.8 Å². The molecule has 1 aromatic heterocycles. The summed E-state index contributed by atoms with van der Waals surface area (Å²) in [4.78, 5) is 24.8. The van der Waals surface area contributed by atoms with E-state index in [1.807, 2.05) is 48.5 Å². The lowest BCUT2D eigenvalue weighted by Gasteiger charge is -2.36. The number of nitriles is 1. The number of anilines is 2. The Morgan fingerprint density at radius 1 is 0.900 bits per heavy atom. The lowest BCUT2D eigenvalue weighted by atomic mass is 9.90. The van der Waals surface area contributed by atoms with Crippen LogP contribution in [0, 0.1) is 17.2 Å². The number of ketones is 1. The number of hydrogen-bond acceptors (Lipinski definition) is 8. The minimum absolute atomic E-state index is 0.159. The largest absolute Gasteiger partial charge is 0.368 e. The van der Waals surface area contributed by atoms with Crippen LogP contribution in [0.5, 0.6) is 0 Å². The highest BCUT2D eigenvalue weighted by molar-refractivity contribution is 7.90. The number of piperazine rings is 1. The first-order valence-electron chi connectivity index (χ1n) is 13.8. The van der Waals surface area contributed by atoms with E-state index in [2.05, 4.69) is 25.8 Å². The molecule has 0 bridgehead atoms. The first-order valence-corrected chi connectivity index (χ1v) is 15.7. The van der Waals surface area contributed by atoms with Crippen molar-refractivity contribution in [3.8, 4) is 6.07 Å². The summed E-state index contributed by atoms with van der Waals surface area (Å²) in [5.41, 5.74) is 3.58. The van der Waals surface area contributed by atoms with Gasteiger partial charge in [0.1, 0.15) is 5.82 Å². The average Bonchev–Trinajstić information content (AvgIpc) is 2.98. The number of carbonyl (C=O) groups excluding carboxylic acids is 1. The molecule has 0 aliphatic carbocycles. The van der Waals surface area contributed by atoms with Gasteiger partial charge >= 0.3 is 0 Å². The molecule has 8 nitrogen and oxygen atoms in total. The third-order valence-electron chi connectivity index (χ3n) is 7.97. The van der Waals surface area contributed by atoms with Crippen molar-refractivity contribution in [3.05, 3.63) is 83.6 Å². The number of pyridine rings is 1. The standard InChI is InChI=1S/C31H35N5O3S/c1-40(38,39)29-9-7-28(8-10-29)35-16-18-36(19-17-35)31-11-6-27(22-33-31)30(37)20-24-12-14-34(15-13-24)23-26-4-2-25(21-32)3-5-26/h2-11,22,24H,12-20,23H2,1H3. The Bertz CT molecular complexity index is 1450. The number of piperidine rings is 1. The number of likely N-dealkylation sites (tertiary alicyclic amines) is 1. The molecule has 0 spiro atoms. The minimum Gasteiger partial charge on any atom is -0.368 e. The van der Waals surface area contributed by atoms with Crippen LogP contribution >= 0.6 is 0 Å². The number of Topliss-reactive ketones (excluding diaryl/α,β-unsaturated/α-hetero) is 1. The number of carbonyl (C=O) groups is 1. The van der Waals surface area contributed by atoms with Crippen molar-refractivity contribution in [1.29, 1.82) is 5.26 Å². The van der Waals surface area contributed by atoms with Crippen LogP contribution in [0.1, 0.15) is 40.7 Å². The fourth-order valence-corrected chi connectivity index (χ4v) is 6.14. The Morgan fingerprint density at radius 2 is 1.55 bits per heavy atom. The second kappa shape index (κ2) is 12.2. The molecule has 2 aliphatic heterocycles. The predicted molar refractivity (Wildman–Crippen MR) is 156 cm³/mol. The highest BCUT2D eigenvalue weighted by Crippen LogP contribution is 2.25. The fourth-order valence-electron chi connectivity index (χ4n) is 5.51. The Kier molecular flexibility index (Phi) is 8.48. The van der Waals surface area contributed by atoms with E-state index in [-0.39, 0.29) is 5.78 Å². The predicted octanol–water partition coefficient (Wildman–Crippen LogP) is 4.17. The van der Waals surface area contributed by atoms with E-state index in [4.69, 9.17) is 5.26 Å². The summed E-state index contributed by atoms with van der Waals surface area (Å²) in [5.74, 6) is 1.43. The maximum absolute atomic E-state index is 13.0. The molecule has 2 aliphatic rings. The van der Waals surface area contributed by atoms with E-state index in [0.29, 0.717) is 28.4 Å². The normalized spacial score (nSPS) is 17.0. The number of aromatic nitrogens is 1. The molecule has 0 atom stereocenters. The SMILES string of the molecule is CS(=O)(=O)c1ccc(N2CCN(c3ccc(C(=O)CC4CCN(Cc5ccc(C#N)cc5)CC4)cn3)CC2)cc1. The first-order chi connectivity index (χ1) is 19.3. The van der Waals surface area contributed by atoms with Gasteiger partial charge in [-0.1, -0.05) is 12.1 Å². The lowest BCUT2D eigenvalue weighted by molar-refractivity contribution is 0.0924. The van der Waals surface area contributed by atoms with Crippen LogP contribution in [0.25, 0.3) is 0 Å². The summed E-state index contributed by atoms with van der Waals surface area (Å²) in [6.07, 6.45) is 5.51. The van der Waals surface area contributed by atoms with Gasteiger partial charge in [0.2, 0.25) is 0 Å². The van der Waals surface area contributed by atoms with Gasteiger partial charge < -0.3 is 9.80 Å². The molecular formula is C31H35N5O3S. The average molecular weight is 558 g/mol. The molecule has 0 radical (unpaired) electrons. The van der Waals surface area contributed by atoms with Gasteiger partial charge in [-0.2, -0.15) is 5.26 Å². The van der Waals surface area contributed by atoms with Crippen LogP contribution in [0.4, 0.5) is 11.5 Å². The zero-order valence-electron chi connectivity index (χ0n) is 22.9. The van der Waals surface area contributed by atoms with Crippen molar-refractivity contribution < 1.29 is 13.2 Å². The number of benzene rings is 2. The van der Waals surface area contributed by atoms with Crippen molar-refractivity contribution in [1.82, 2.24) is 9.88 Å². The third kappa shape index (κ3) is 6.87. The molecule has 0 unspecified atom stereocenters. The van der Waals surface area contributed by atoms with Crippen LogP contribution in [-0.4, -0.2) is 69.6 Å². The van der Waals surface area contributed by atoms with Gasteiger partial charge in [-0.05, 0) is 85.9 Å². The van der Waals surface area contributed by atoms with Crippen LogP contribution < -0.4 is 9.80 Å². The maximum atomic E-state index is 13.0. The number of rotatable bonds is 8. The maximum Gasteiger partial charge on any atom is 0.175 e. The zero-order valence-corrected chi connectivity index (χ0v) is 23.7. The summed E-state index contributed by atoms with van der Waals surface area (Å²) in [5, 5.41) is 8.97. The summed E-state index contributed by atoms with van der Waals surface area (Å²) in [7, 11) is -3.20. The minimum atomic E-state index is -3.20. The Hall–Kier alpha value is -3.74. The second-order valence-electron chi connectivity index (χ2n) is 10.8. The van der Waals surface area contributed by atoms with Crippen molar-refractivity contribution in [2.24, 2.45) is 5.92 Å². The Labute approximate surface area is 236 Å². The Morgan fingerprint density at radius 3 is 2.12 bits per heavy atom. The van der Waals surface area contributed by atoms with Gasteiger partial charge in [0.15, 0.2) is 15.6 Å². The molecule has 3 heterocycles. The van der Waals surface area contributed by atoms with Gasteiger partial charge in [-0.25, -0.2) is 13.4 Å². The van der Waals surface area contributed by atoms with E-state index in [1.54, 1.807) is 18.3 Å². The van der Waals surface area contributed by atoms with E-state index in [0.717, 1.165) is 70.2 Å². The van der Waals surface area contributed by atoms with Crippen LogP contribution in [0.3, 0.4) is 0 Å². The number of sulfone groups is 1. The highest BCUT2D eigenvalue weighted by atomic mass is 32.2. The topological polar surface area (TPSA) is 97.6 Å². The molecule has 40 heavy (non-hydrogen) atoms. The molecule has 2 aromatic carbocycles. The third-order valence-corrected chi connectivity index (χ3v) is 9.10. The summed E-state index contributed by atoms with van der Waals surface area (Å²) >= 11 is 0. The molecule has 9 heteroatoms. The second-order valence-corrected chi connectivity index (χ2v) is 12.8. The lowest BCUT2D eigenvalue weighted by Crippen LogP contribution is -2.46. The van der Waals surface area contributed by atoms with E-state index in [9.17, 15) is 13.2 Å². The van der Waals surface area contributed by atoms with Crippen LogP contribution in [0.2, 0.25) is 0 Å². The van der Waals surface area contributed by atoms with Gasteiger partial charge in [-0.3, -0.25) is 9.69 Å². The van der Waals surface area contributed by atoms with E-state index in [1.165, 1.54) is 11.8 Å². The molecule has 208 valence electrons. The molecule has 3 aromatic rings. The number of hydrogen-bond donors (Lipinski definition) is 0. The highest BCUT2D eigenvalue weighted by Gasteiger charge is 2.23. The molecule has 0 saturated carbocycles. The smallest absolute Gasteiger partial charge is 0.175 e. The fraction of sp³-hybridized carbons (Fsp3) is 0.387. The van der Waals surface area contributed by atoms with Crippen molar-refractivity contribution in [2.45, 2.75) is 30.7 Å². The van der Waals surface area contributed by atoms with Gasteiger partial charge in [0, 0.05) is 62.8 Å². The van der Waals surface area contributed by atoms with Gasteiger partial charge in [0.25, 0.3) is 0 Å². The zero-order chi connectivity index (χ0) is 28.1. The molecule has 2 fully saturated rings. The Balaban J connectivity index is 1.07. The summed E-state index contributed by atoms with van der Waals surface area (Å²) in [6.45, 7) is 6.05. The van der Waals surface area contributed by atoms with Crippen molar-refractivity contribution in [3.63, 3.8) is 0 Å². The molecule has 2 saturated heterocycles. The number of nitrogens with zero attached hydrogens (tertiary/aromatic N) is 5. The van der Waals surface area contributed by atoms with E-state index >= 15 is 0 Å². The first kappa shape index (κ1) is 27.8. The monoisotopic (exact) mass is 557 g/mol.